The second-order valence-electron chi connectivity index (χ2n) is 4.92. The van der Waals surface area contributed by atoms with E-state index < -0.39 is 27.9 Å². The summed E-state index contributed by atoms with van der Waals surface area (Å²) in [6.45, 7) is 1.46. The lowest BCUT2D eigenvalue weighted by atomic mass is 10.2. The van der Waals surface area contributed by atoms with Crippen LogP contribution < -0.4 is 5.32 Å². The number of aliphatic carboxylic acids is 1. The van der Waals surface area contributed by atoms with Crippen molar-refractivity contribution in [1.29, 1.82) is 0 Å². The van der Waals surface area contributed by atoms with Gasteiger partial charge in [-0.3, -0.25) is 9.59 Å². The fraction of sp³-hybridized carbons (Fsp3) is 0.385. The summed E-state index contributed by atoms with van der Waals surface area (Å²) in [4.78, 5) is 22.4. The molecule has 1 saturated heterocycles. The molecule has 114 valence electrons. The molecule has 1 fully saturated rings. The van der Waals surface area contributed by atoms with Crippen LogP contribution in [0.25, 0.3) is 0 Å². The number of carboxylic acid groups (broad SMARTS) is 1. The molecule has 1 aliphatic heterocycles. The van der Waals surface area contributed by atoms with Crippen LogP contribution in [0.15, 0.2) is 29.2 Å². The van der Waals surface area contributed by atoms with Crippen molar-refractivity contribution >= 4 is 21.9 Å². The summed E-state index contributed by atoms with van der Waals surface area (Å²) in [5.74, 6) is -1.55. The molecule has 0 saturated carbocycles. The van der Waals surface area contributed by atoms with E-state index in [2.05, 4.69) is 5.32 Å². The van der Waals surface area contributed by atoms with E-state index in [1.807, 2.05) is 6.92 Å². The third-order valence-corrected chi connectivity index (χ3v) is 5.19. The predicted octanol–water partition coefficient (Wildman–Crippen LogP) is -0.0412. The van der Waals surface area contributed by atoms with Gasteiger partial charge in [0, 0.05) is 6.54 Å². The number of amides is 1. The quantitative estimate of drug-likeness (QED) is 0.812. The molecule has 2 rings (SSSR count). The Morgan fingerprint density at radius 3 is 2.57 bits per heavy atom. The SMILES string of the molecule is Cc1ccc(S(=O)(=O)N2CC(=O)NC[C@H]2CC(=O)O)cc1. The molecule has 0 aliphatic carbocycles. The first-order valence-electron chi connectivity index (χ1n) is 6.37. The molecular formula is C13H16N2O5S. The van der Waals surface area contributed by atoms with E-state index in [4.69, 9.17) is 5.11 Å². The molecule has 1 aromatic carbocycles. The van der Waals surface area contributed by atoms with Crippen molar-refractivity contribution in [3.63, 3.8) is 0 Å². The van der Waals surface area contributed by atoms with Gasteiger partial charge in [-0.2, -0.15) is 4.31 Å². The summed E-state index contributed by atoms with van der Waals surface area (Å²) in [6.07, 6.45) is -0.356. The number of piperazine rings is 1. The molecule has 0 radical (unpaired) electrons. The third-order valence-electron chi connectivity index (χ3n) is 3.28. The minimum absolute atomic E-state index is 0.00375. The minimum atomic E-state index is -3.90. The molecule has 1 aromatic rings. The average Bonchev–Trinajstić information content (AvgIpc) is 2.40. The van der Waals surface area contributed by atoms with Gasteiger partial charge < -0.3 is 10.4 Å². The first-order valence-corrected chi connectivity index (χ1v) is 7.81. The second-order valence-corrected chi connectivity index (χ2v) is 6.81. The largest absolute Gasteiger partial charge is 0.481 e. The number of hydrogen-bond acceptors (Lipinski definition) is 4. The highest BCUT2D eigenvalue weighted by atomic mass is 32.2. The van der Waals surface area contributed by atoms with Crippen LogP contribution in [0.2, 0.25) is 0 Å². The number of sulfonamides is 1. The fourth-order valence-electron chi connectivity index (χ4n) is 2.16. The van der Waals surface area contributed by atoms with E-state index in [0.29, 0.717) is 0 Å². The highest BCUT2D eigenvalue weighted by molar-refractivity contribution is 7.89. The number of nitrogens with one attached hydrogen (secondary N) is 1. The molecule has 1 amide bonds. The van der Waals surface area contributed by atoms with Crippen LogP contribution in [0.4, 0.5) is 0 Å². The Labute approximate surface area is 122 Å². The Hall–Kier alpha value is -1.93. The molecule has 0 aromatic heterocycles. The molecule has 1 atom stereocenters. The van der Waals surface area contributed by atoms with Gasteiger partial charge >= 0.3 is 5.97 Å². The number of carboxylic acids is 1. The van der Waals surface area contributed by atoms with Gasteiger partial charge in [-0.1, -0.05) is 17.7 Å². The zero-order valence-electron chi connectivity index (χ0n) is 11.4. The van der Waals surface area contributed by atoms with Crippen molar-refractivity contribution in [1.82, 2.24) is 9.62 Å². The summed E-state index contributed by atoms with van der Waals surface area (Å²) in [5.41, 5.74) is 0.910. The van der Waals surface area contributed by atoms with Gasteiger partial charge in [-0.05, 0) is 19.1 Å². The fourth-order valence-corrected chi connectivity index (χ4v) is 3.74. The Morgan fingerprint density at radius 1 is 1.38 bits per heavy atom. The maximum absolute atomic E-state index is 12.6. The summed E-state index contributed by atoms with van der Waals surface area (Å²) < 4.78 is 26.1. The number of hydrogen-bond donors (Lipinski definition) is 2. The van der Waals surface area contributed by atoms with Crippen molar-refractivity contribution < 1.29 is 23.1 Å². The van der Waals surface area contributed by atoms with Crippen molar-refractivity contribution in [2.45, 2.75) is 24.3 Å². The predicted molar refractivity (Wildman–Crippen MR) is 74.1 cm³/mol. The van der Waals surface area contributed by atoms with Gasteiger partial charge in [0.15, 0.2) is 0 Å². The van der Waals surface area contributed by atoms with Gasteiger partial charge in [0.1, 0.15) is 0 Å². The van der Waals surface area contributed by atoms with Crippen LogP contribution in [0.3, 0.4) is 0 Å². The third kappa shape index (κ3) is 3.40. The normalized spacial score (nSPS) is 20.0. The van der Waals surface area contributed by atoms with E-state index in [1.54, 1.807) is 12.1 Å². The monoisotopic (exact) mass is 312 g/mol. The zero-order chi connectivity index (χ0) is 15.6. The van der Waals surface area contributed by atoms with Crippen LogP contribution in [0, 0.1) is 6.92 Å². The molecule has 7 nitrogen and oxygen atoms in total. The molecule has 8 heteroatoms. The lowest BCUT2D eigenvalue weighted by molar-refractivity contribution is -0.139. The standard InChI is InChI=1S/C13H16N2O5S/c1-9-2-4-11(5-3-9)21(19,20)15-8-12(16)14-7-10(15)6-13(17)18/h2-5,10H,6-8H2,1H3,(H,14,16)(H,17,18)/t10-/m1/s1. The molecule has 0 bridgehead atoms. The lowest BCUT2D eigenvalue weighted by Gasteiger charge is -2.33. The van der Waals surface area contributed by atoms with Crippen LogP contribution in [-0.2, 0) is 19.6 Å². The van der Waals surface area contributed by atoms with E-state index in [-0.39, 0.29) is 24.4 Å². The van der Waals surface area contributed by atoms with Crippen LogP contribution in [0.5, 0.6) is 0 Å². The Morgan fingerprint density at radius 2 is 2.00 bits per heavy atom. The van der Waals surface area contributed by atoms with E-state index in [0.717, 1.165) is 9.87 Å². The maximum Gasteiger partial charge on any atom is 0.305 e. The number of benzene rings is 1. The smallest absolute Gasteiger partial charge is 0.305 e. The van der Waals surface area contributed by atoms with E-state index in [1.165, 1.54) is 12.1 Å². The highest BCUT2D eigenvalue weighted by Crippen LogP contribution is 2.21. The first kappa shape index (κ1) is 15.5. The average molecular weight is 312 g/mol. The summed E-state index contributed by atoms with van der Waals surface area (Å²) in [5, 5.41) is 11.4. The molecule has 21 heavy (non-hydrogen) atoms. The summed E-state index contributed by atoms with van der Waals surface area (Å²) in [7, 11) is -3.90. The minimum Gasteiger partial charge on any atom is -0.481 e. The number of carbonyl (C=O) groups excluding carboxylic acids is 1. The zero-order valence-corrected chi connectivity index (χ0v) is 12.3. The lowest BCUT2D eigenvalue weighted by Crippen LogP contribution is -2.56. The van der Waals surface area contributed by atoms with E-state index in [9.17, 15) is 18.0 Å². The number of carbonyl (C=O) groups is 2. The summed E-state index contributed by atoms with van der Waals surface area (Å²) >= 11 is 0. The Bertz CT molecular complexity index is 654. The van der Waals surface area contributed by atoms with Gasteiger partial charge in [0.25, 0.3) is 0 Å². The molecule has 2 N–H and O–H groups in total. The van der Waals surface area contributed by atoms with Gasteiger partial charge in [0.2, 0.25) is 15.9 Å². The van der Waals surface area contributed by atoms with Crippen molar-refractivity contribution in [3.05, 3.63) is 29.8 Å². The van der Waals surface area contributed by atoms with Crippen LogP contribution in [0.1, 0.15) is 12.0 Å². The first-order chi connectivity index (χ1) is 9.80. The molecule has 0 unspecified atom stereocenters. The van der Waals surface area contributed by atoms with Gasteiger partial charge in [-0.25, -0.2) is 8.42 Å². The Kier molecular flexibility index (Phi) is 4.29. The number of rotatable bonds is 4. The molecule has 1 aliphatic rings. The summed E-state index contributed by atoms with van der Waals surface area (Å²) in [6, 6.07) is 5.43. The van der Waals surface area contributed by atoms with Gasteiger partial charge in [-0.15, -0.1) is 0 Å². The van der Waals surface area contributed by atoms with E-state index >= 15 is 0 Å². The van der Waals surface area contributed by atoms with Crippen LogP contribution >= 0.6 is 0 Å². The number of aryl methyl sites for hydroxylation is 1. The molecular weight excluding hydrogens is 296 g/mol. The molecule has 0 spiro atoms. The van der Waals surface area contributed by atoms with Crippen LogP contribution in [-0.4, -0.2) is 48.8 Å². The highest BCUT2D eigenvalue weighted by Gasteiger charge is 2.37. The van der Waals surface area contributed by atoms with Crippen molar-refractivity contribution in [3.8, 4) is 0 Å². The second kappa shape index (κ2) is 5.82. The van der Waals surface area contributed by atoms with Crippen molar-refractivity contribution in [2.75, 3.05) is 13.1 Å². The molecule has 1 heterocycles. The van der Waals surface area contributed by atoms with Crippen molar-refractivity contribution in [2.24, 2.45) is 0 Å². The number of nitrogens with zero attached hydrogens (tertiary/aromatic N) is 1. The topological polar surface area (TPSA) is 104 Å². The Balaban J connectivity index is 2.35. The van der Waals surface area contributed by atoms with Gasteiger partial charge in [0.05, 0.1) is 23.9 Å². The maximum atomic E-state index is 12.6.